The van der Waals surface area contributed by atoms with Crippen LogP contribution in [0, 0.1) is 11.8 Å². The molecule has 0 unspecified atom stereocenters. The van der Waals surface area contributed by atoms with E-state index in [2.05, 4.69) is 0 Å². The van der Waals surface area contributed by atoms with Crippen LogP contribution in [0.2, 0.25) is 0 Å². The molecule has 0 spiro atoms. The molecule has 1 aliphatic heterocycles. The van der Waals surface area contributed by atoms with E-state index in [1.54, 1.807) is 7.05 Å². The Morgan fingerprint density at radius 3 is 2.46 bits per heavy atom. The maximum Gasteiger partial charge on any atom is 0.312 e. The van der Waals surface area contributed by atoms with Gasteiger partial charge in [-0.15, -0.1) is 0 Å². The fraction of sp³-hybridized carbons (Fsp3) is 0.500. The molecule has 0 bridgehead atoms. The van der Waals surface area contributed by atoms with E-state index in [1.165, 1.54) is 9.80 Å². The summed E-state index contributed by atoms with van der Waals surface area (Å²) in [6, 6.07) is 9.45. The first-order valence-electron chi connectivity index (χ1n) is 8.29. The molecular formula is C18H22N2O4. The molecule has 2 amide bonds. The predicted molar refractivity (Wildman–Crippen MR) is 86.7 cm³/mol. The molecule has 1 aromatic rings. The van der Waals surface area contributed by atoms with Crippen molar-refractivity contribution in [2.45, 2.75) is 19.4 Å². The van der Waals surface area contributed by atoms with Gasteiger partial charge in [-0.2, -0.15) is 0 Å². The Kier molecular flexibility index (Phi) is 4.83. The number of carbonyl (C=O) groups is 3. The number of hydrogen-bond donors (Lipinski definition) is 0. The van der Waals surface area contributed by atoms with Crippen LogP contribution in [-0.4, -0.2) is 54.3 Å². The molecule has 24 heavy (non-hydrogen) atoms. The summed E-state index contributed by atoms with van der Waals surface area (Å²) >= 11 is 0. The fourth-order valence-electron chi connectivity index (χ4n) is 2.71. The summed E-state index contributed by atoms with van der Waals surface area (Å²) < 4.78 is 5.26. The highest BCUT2D eigenvalue weighted by molar-refractivity contribution is 6.35. The summed E-state index contributed by atoms with van der Waals surface area (Å²) in [5.41, 5.74) is 0.926. The van der Waals surface area contributed by atoms with Crippen LogP contribution in [0.3, 0.4) is 0 Å². The Labute approximate surface area is 141 Å². The van der Waals surface area contributed by atoms with Crippen LogP contribution >= 0.6 is 0 Å². The molecule has 6 heteroatoms. The minimum Gasteiger partial charge on any atom is -0.460 e. The highest BCUT2D eigenvalue weighted by Crippen LogP contribution is 2.29. The molecule has 0 N–H and O–H groups in total. The van der Waals surface area contributed by atoms with E-state index in [9.17, 15) is 14.4 Å². The average Bonchev–Trinajstić information content (AvgIpc) is 3.35. The molecule has 0 atom stereocenters. The second-order valence-corrected chi connectivity index (χ2v) is 6.63. The summed E-state index contributed by atoms with van der Waals surface area (Å²) in [6.07, 6.45) is 2.26. The van der Waals surface area contributed by atoms with Crippen molar-refractivity contribution in [1.29, 1.82) is 0 Å². The van der Waals surface area contributed by atoms with Gasteiger partial charge in [0.1, 0.15) is 6.61 Å². The average molecular weight is 330 g/mol. The number of hydrogen-bond acceptors (Lipinski definition) is 4. The second-order valence-electron chi connectivity index (χ2n) is 6.63. The monoisotopic (exact) mass is 330 g/mol. The van der Waals surface area contributed by atoms with E-state index in [0.29, 0.717) is 12.5 Å². The maximum atomic E-state index is 12.1. The van der Waals surface area contributed by atoms with Gasteiger partial charge in [0.05, 0.1) is 5.92 Å². The van der Waals surface area contributed by atoms with Crippen LogP contribution in [0.15, 0.2) is 30.3 Å². The molecule has 2 aliphatic rings. The molecular weight excluding hydrogens is 308 g/mol. The minimum atomic E-state index is -0.523. The minimum absolute atomic E-state index is 0.229. The number of esters is 1. The topological polar surface area (TPSA) is 66.9 Å². The van der Waals surface area contributed by atoms with Crippen molar-refractivity contribution in [2.24, 2.45) is 11.8 Å². The lowest BCUT2D eigenvalue weighted by Crippen LogP contribution is -2.57. The Balaban J connectivity index is 1.40. The number of benzene rings is 1. The quantitative estimate of drug-likeness (QED) is 0.598. The fourth-order valence-corrected chi connectivity index (χ4v) is 2.71. The highest BCUT2D eigenvalue weighted by Gasteiger charge is 2.40. The Bertz CT molecular complexity index is 621. The predicted octanol–water partition coefficient (Wildman–Crippen LogP) is 1.06. The van der Waals surface area contributed by atoms with Gasteiger partial charge >= 0.3 is 17.8 Å². The molecule has 0 aromatic heterocycles. The molecule has 0 radical (unpaired) electrons. The first-order valence-corrected chi connectivity index (χ1v) is 8.29. The molecule has 1 aromatic carbocycles. The van der Waals surface area contributed by atoms with E-state index in [0.717, 1.165) is 18.4 Å². The Morgan fingerprint density at radius 1 is 1.17 bits per heavy atom. The van der Waals surface area contributed by atoms with Gasteiger partial charge in [-0.25, -0.2) is 0 Å². The summed E-state index contributed by atoms with van der Waals surface area (Å²) in [4.78, 5) is 39.0. The summed E-state index contributed by atoms with van der Waals surface area (Å²) in [6.45, 7) is 1.39. The van der Waals surface area contributed by atoms with Crippen LogP contribution < -0.4 is 0 Å². The van der Waals surface area contributed by atoms with Gasteiger partial charge in [-0.1, -0.05) is 30.3 Å². The summed E-state index contributed by atoms with van der Waals surface area (Å²) in [5.74, 6) is -1.12. The van der Waals surface area contributed by atoms with Gasteiger partial charge in [-0.3, -0.25) is 14.4 Å². The van der Waals surface area contributed by atoms with Crippen LogP contribution in [0.5, 0.6) is 0 Å². The van der Waals surface area contributed by atoms with Crippen LogP contribution in [0.1, 0.15) is 18.4 Å². The number of rotatable bonds is 5. The molecule has 6 nitrogen and oxygen atoms in total. The van der Waals surface area contributed by atoms with Crippen molar-refractivity contribution < 1.29 is 19.1 Å². The van der Waals surface area contributed by atoms with E-state index in [1.807, 2.05) is 30.3 Å². The van der Waals surface area contributed by atoms with E-state index >= 15 is 0 Å². The van der Waals surface area contributed by atoms with E-state index < -0.39 is 11.8 Å². The van der Waals surface area contributed by atoms with Crippen molar-refractivity contribution >= 4 is 17.8 Å². The van der Waals surface area contributed by atoms with Crippen molar-refractivity contribution in [1.82, 2.24) is 9.80 Å². The molecule has 128 valence electrons. The normalized spacial score (nSPS) is 17.1. The van der Waals surface area contributed by atoms with Gasteiger partial charge in [0.15, 0.2) is 0 Å². The summed E-state index contributed by atoms with van der Waals surface area (Å²) in [7, 11) is 1.66. The third-order valence-electron chi connectivity index (χ3n) is 4.48. The molecule has 1 heterocycles. The second kappa shape index (κ2) is 7.03. The first-order chi connectivity index (χ1) is 11.5. The number of amides is 2. The lowest BCUT2D eigenvalue weighted by Gasteiger charge is -2.37. The van der Waals surface area contributed by atoms with Crippen LogP contribution in [-0.2, 0) is 25.7 Å². The number of likely N-dealkylation sites (N-methyl/N-ethyl adjacent to an activating group) is 1. The van der Waals surface area contributed by atoms with Crippen LogP contribution in [0.25, 0.3) is 0 Å². The van der Waals surface area contributed by atoms with Crippen molar-refractivity contribution in [3.8, 4) is 0 Å². The molecule has 1 saturated carbocycles. The van der Waals surface area contributed by atoms with Gasteiger partial charge < -0.3 is 14.5 Å². The van der Waals surface area contributed by atoms with E-state index in [4.69, 9.17) is 4.74 Å². The lowest BCUT2D eigenvalue weighted by atomic mass is 10.0. The van der Waals surface area contributed by atoms with Gasteiger partial charge in [0, 0.05) is 26.7 Å². The highest BCUT2D eigenvalue weighted by atomic mass is 16.5. The number of likely N-dealkylation sites (tertiary alicyclic amines) is 1. The Hall–Kier alpha value is -2.37. The van der Waals surface area contributed by atoms with Crippen molar-refractivity contribution in [3.05, 3.63) is 35.9 Å². The third kappa shape index (κ3) is 3.93. The van der Waals surface area contributed by atoms with Crippen molar-refractivity contribution in [2.75, 3.05) is 26.7 Å². The Morgan fingerprint density at radius 2 is 1.83 bits per heavy atom. The molecule has 2 fully saturated rings. The number of nitrogens with zero attached hydrogens (tertiary/aromatic N) is 2. The zero-order valence-electron chi connectivity index (χ0n) is 13.8. The van der Waals surface area contributed by atoms with E-state index in [-0.39, 0.29) is 31.6 Å². The maximum absolute atomic E-state index is 12.1. The molecule has 1 saturated heterocycles. The van der Waals surface area contributed by atoms with Gasteiger partial charge in [0.25, 0.3) is 0 Å². The number of carbonyl (C=O) groups excluding carboxylic acids is 3. The first kappa shape index (κ1) is 16.5. The standard InChI is InChI=1S/C18H22N2O4/c1-19(9-13-7-8-13)16(21)17(22)20-10-15(11-20)18(23)24-12-14-5-3-2-4-6-14/h2-6,13,15H,7-12H2,1H3. The third-order valence-corrected chi connectivity index (χ3v) is 4.48. The smallest absolute Gasteiger partial charge is 0.312 e. The van der Waals surface area contributed by atoms with Gasteiger partial charge in [-0.05, 0) is 24.3 Å². The molecule has 1 aliphatic carbocycles. The summed E-state index contributed by atoms with van der Waals surface area (Å²) in [5, 5.41) is 0. The largest absolute Gasteiger partial charge is 0.460 e. The van der Waals surface area contributed by atoms with Gasteiger partial charge in [0.2, 0.25) is 0 Å². The zero-order valence-corrected chi connectivity index (χ0v) is 13.8. The van der Waals surface area contributed by atoms with Crippen molar-refractivity contribution in [3.63, 3.8) is 0 Å². The lowest BCUT2D eigenvalue weighted by molar-refractivity contribution is -0.164. The zero-order chi connectivity index (χ0) is 17.1. The number of ether oxygens (including phenoxy) is 1. The molecule has 3 rings (SSSR count). The SMILES string of the molecule is CN(CC1CC1)C(=O)C(=O)N1CC(C(=O)OCc2ccccc2)C1. The van der Waals surface area contributed by atoms with Crippen LogP contribution in [0.4, 0.5) is 0 Å².